The van der Waals surface area contributed by atoms with Crippen LogP contribution in [0, 0.1) is 0 Å². The summed E-state index contributed by atoms with van der Waals surface area (Å²) in [5.74, 6) is 0.708. The van der Waals surface area contributed by atoms with Gasteiger partial charge in [0.15, 0.2) is 5.82 Å². The van der Waals surface area contributed by atoms with Crippen molar-refractivity contribution < 1.29 is 9.84 Å². The molecule has 2 aromatic rings. The predicted molar refractivity (Wildman–Crippen MR) is 53.8 cm³/mol. The summed E-state index contributed by atoms with van der Waals surface area (Å²) in [5.41, 5.74) is 1.10. The lowest BCUT2D eigenvalue weighted by molar-refractivity contribution is 0.399. The van der Waals surface area contributed by atoms with Gasteiger partial charge in [-0.1, -0.05) is 6.07 Å². The molecule has 1 aliphatic rings. The van der Waals surface area contributed by atoms with Crippen LogP contribution in [0.3, 0.4) is 0 Å². The van der Waals surface area contributed by atoms with Gasteiger partial charge in [0.05, 0.1) is 6.61 Å². The highest BCUT2D eigenvalue weighted by molar-refractivity contribution is 5.26. The Morgan fingerprint density at radius 2 is 2.25 bits per heavy atom. The average Bonchev–Trinajstić information content (AvgIpc) is 3.07. The van der Waals surface area contributed by atoms with Crippen LogP contribution in [0.2, 0.25) is 0 Å². The Labute approximate surface area is 91.7 Å². The van der Waals surface area contributed by atoms with Crippen LogP contribution >= 0.6 is 0 Å². The first-order valence-corrected chi connectivity index (χ1v) is 4.69. The van der Waals surface area contributed by atoms with Crippen molar-refractivity contribution in [1.82, 2.24) is 25.2 Å². The molecule has 0 bridgehead atoms. The molecule has 1 fully saturated rings. The van der Waals surface area contributed by atoms with Gasteiger partial charge in [-0.2, -0.15) is 4.68 Å². The zero-order valence-corrected chi connectivity index (χ0v) is 8.69. The molecule has 7 heteroatoms. The van der Waals surface area contributed by atoms with E-state index in [-0.39, 0.29) is 6.10 Å². The fourth-order valence-corrected chi connectivity index (χ4v) is 1.23. The normalized spacial score (nSPS) is 17.5. The quantitative estimate of drug-likeness (QED) is 0.702. The van der Waals surface area contributed by atoms with Gasteiger partial charge in [-0.15, -0.1) is 5.10 Å². The van der Waals surface area contributed by atoms with E-state index in [0.717, 1.165) is 19.3 Å². The maximum Gasteiger partial charge on any atom is 0.156 e. The van der Waals surface area contributed by atoms with Crippen molar-refractivity contribution in [1.29, 1.82) is 0 Å². The van der Waals surface area contributed by atoms with Crippen LogP contribution in [0.5, 0.6) is 0 Å². The Hall–Kier alpha value is -1.86. The summed E-state index contributed by atoms with van der Waals surface area (Å²) < 4.78 is 6.65. The third-order valence-electron chi connectivity index (χ3n) is 2.06. The van der Waals surface area contributed by atoms with Crippen molar-refractivity contribution in [3.8, 4) is 5.82 Å². The number of hydrogen-bond acceptors (Lipinski definition) is 6. The highest BCUT2D eigenvalue weighted by atomic mass is 16.6. The zero-order valence-electron chi connectivity index (χ0n) is 8.69. The molecule has 16 heavy (non-hydrogen) atoms. The number of tetrazole rings is 1. The molecule has 0 saturated carbocycles. The molecule has 0 unspecified atom stereocenters. The van der Waals surface area contributed by atoms with Crippen molar-refractivity contribution in [3.63, 3.8) is 0 Å². The first-order chi connectivity index (χ1) is 7.93. The molecule has 0 radical (unpaired) electrons. The van der Waals surface area contributed by atoms with E-state index in [1.165, 1.54) is 11.0 Å². The van der Waals surface area contributed by atoms with Crippen LogP contribution in [-0.2, 0) is 4.74 Å². The van der Waals surface area contributed by atoms with Gasteiger partial charge in [-0.05, 0) is 16.5 Å². The molecule has 1 saturated heterocycles. The summed E-state index contributed by atoms with van der Waals surface area (Å²) in [4.78, 5) is 4.22. The fourth-order valence-electron chi connectivity index (χ4n) is 1.23. The Balaban J connectivity index is 0.000000457. The van der Waals surface area contributed by atoms with E-state index in [1.807, 2.05) is 12.1 Å². The van der Waals surface area contributed by atoms with Crippen LogP contribution in [-0.4, -0.2) is 44.0 Å². The number of aromatic nitrogens is 5. The smallest absolute Gasteiger partial charge is 0.156 e. The van der Waals surface area contributed by atoms with Gasteiger partial charge < -0.3 is 9.84 Å². The molecule has 1 aliphatic heterocycles. The van der Waals surface area contributed by atoms with Crippen molar-refractivity contribution >= 4 is 0 Å². The number of ether oxygens (including phenoxy) is 1. The molecular weight excluding hydrogens is 210 g/mol. The largest absolute Gasteiger partial charge is 0.400 e. The van der Waals surface area contributed by atoms with Gasteiger partial charge in [-0.3, -0.25) is 0 Å². The second kappa shape index (κ2) is 4.77. The van der Waals surface area contributed by atoms with Crippen LogP contribution in [0.25, 0.3) is 5.82 Å². The second-order valence-corrected chi connectivity index (χ2v) is 3.03. The van der Waals surface area contributed by atoms with E-state index < -0.39 is 0 Å². The Morgan fingerprint density at radius 1 is 1.44 bits per heavy atom. The van der Waals surface area contributed by atoms with Crippen molar-refractivity contribution in [2.24, 2.45) is 0 Å². The Morgan fingerprint density at radius 3 is 2.75 bits per heavy atom. The van der Waals surface area contributed by atoms with Crippen LogP contribution in [0.4, 0.5) is 0 Å². The topological polar surface area (TPSA) is 89.2 Å². The third kappa shape index (κ3) is 2.20. The van der Waals surface area contributed by atoms with Crippen LogP contribution in [0.1, 0.15) is 11.7 Å². The standard InChI is InChI=1S/C8H7N5O.CH4O/c1-2-8(13-5-10-11-12-13)9-3-6(1)7-4-14-7;1-2/h1-3,5,7H,4H2;2H,1H3/t7-;/m1./s1. The molecule has 1 N–H and O–H groups in total. The summed E-state index contributed by atoms with van der Waals surface area (Å²) in [6.45, 7) is 0.798. The van der Waals surface area contributed by atoms with E-state index in [1.54, 1.807) is 6.20 Å². The maximum absolute atomic E-state index is 7.00. The molecule has 3 rings (SSSR count). The number of pyridine rings is 1. The number of nitrogens with zero attached hydrogens (tertiary/aromatic N) is 5. The van der Waals surface area contributed by atoms with Gasteiger partial charge >= 0.3 is 0 Å². The number of epoxide rings is 1. The van der Waals surface area contributed by atoms with Crippen molar-refractivity contribution in [2.75, 3.05) is 13.7 Å². The first-order valence-electron chi connectivity index (χ1n) is 4.69. The highest BCUT2D eigenvalue weighted by Crippen LogP contribution is 2.28. The van der Waals surface area contributed by atoms with E-state index >= 15 is 0 Å². The molecule has 0 aromatic carbocycles. The third-order valence-corrected chi connectivity index (χ3v) is 2.06. The molecule has 1 atom stereocenters. The van der Waals surface area contributed by atoms with Gasteiger partial charge in [0.2, 0.25) is 0 Å². The molecular formula is C9H11N5O2. The SMILES string of the molecule is CO.c1cc(-n2cnnn2)ncc1[C@H]1CO1. The number of aliphatic hydroxyl groups excluding tert-OH is 1. The monoisotopic (exact) mass is 221 g/mol. The van der Waals surface area contributed by atoms with Crippen molar-refractivity contribution in [2.45, 2.75) is 6.10 Å². The van der Waals surface area contributed by atoms with Gasteiger partial charge in [-0.25, -0.2) is 4.98 Å². The van der Waals surface area contributed by atoms with E-state index in [2.05, 4.69) is 20.5 Å². The minimum Gasteiger partial charge on any atom is -0.400 e. The summed E-state index contributed by atoms with van der Waals surface area (Å²) in [5, 5.41) is 17.8. The van der Waals surface area contributed by atoms with Crippen LogP contribution < -0.4 is 0 Å². The van der Waals surface area contributed by atoms with E-state index in [0.29, 0.717) is 5.82 Å². The molecule has 0 amide bonds. The lowest BCUT2D eigenvalue weighted by atomic mass is 10.2. The highest BCUT2D eigenvalue weighted by Gasteiger charge is 2.24. The average molecular weight is 221 g/mol. The lowest BCUT2D eigenvalue weighted by Crippen LogP contribution is -1.98. The molecule has 0 aliphatic carbocycles. The van der Waals surface area contributed by atoms with Gasteiger partial charge in [0.25, 0.3) is 0 Å². The van der Waals surface area contributed by atoms with Crippen molar-refractivity contribution in [3.05, 3.63) is 30.2 Å². The minimum atomic E-state index is 0.241. The summed E-state index contributed by atoms with van der Waals surface area (Å²) in [6.07, 6.45) is 3.54. The zero-order chi connectivity index (χ0) is 11.4. The first kappa shape index (κ1) is 10.7. The van der Waals surface area contributed by atoms with E-state index in [9.17, 15) is 0 Å². The maximum atomic E-state index is 7.00. The van der Waals surface area contributed by atoms with Crippen LogP contribution in [0.15, 0.2) is 24.7 Å². The second-order valence-electron chi connectivity index (χ2n) is 3.03. The number of hydrogen-bond donors (Lipinski definition) is 1. The summed E-state index contributed by atoms with van der Waals surface area (Å²) in [7, 11) is 1.00. The van der Waals surface area contributed by atoms with E-state index in [4.69, 9.17) is 9.84 Å². The number of rotatable bonds is 2. The Bertz CT molecular complexity index is 424. The van der Waals surface area contributed by atoms with Gasteiger partial charge in [0, 0.05) is 18.9 Å². The Kier molecular flexibility index (Phi) is 3.18. The molecule has 0 spiro atoms. The molecule has 84 valence electrons. The van der Waals surface area contributed by atoms with Gasteiger partial charge in [0.1, 0.15) is 12.4 Å². The molecule has 2 aromatic heterocycles. The number of aliphatic hydroxyl groups is 1. The molecule has 7 nitrogen and oxygen atoms in total. The predicted octanol–water partition coefficient (Wildman–Crippen LogP) is -0.263. The fraction of sp³-hybridized carbons (Fsp3) is 0.333. The summed E-state index contributed by atoms with van der Waals surface area (Å²) >= 11 is 0. The minimum absolute atomic E-state index is 0.241. The molecule has 3 heterocycles. The summed E-state index contributed by atoms with van der Waals surface area (Å²) in [6, 6.07) is 3.84. The lowest BCUT2D eigenvalue weighted by Gasteiger charge is -1.98.